The lowest BCUT2D eigenvalue weighted by molar-refractivity contribution is 0.483. The average Bonchev–Trinajstić information content (AvgIpc) is 3.08. The summed E-state index contributed by atoms with van der Waals surface area (Å²) in [6.07, 6.45) is 3.96. The Morgan fingerprint density at radius 3 is 2.72 bits per heavy atom. The van der Waals surface area contributed by atoms with Crippen LogP contribution >= 0.6 is 0 Å². The standard InChI is InChI=1S/C14H13F2NO/c15-12-4-1-9(7-13(12)16)11-5-6-18-14(11)8-17-10-2-3-10/h1,4-7,10,17H,2-3,8H2. The highest BCUT2D eigenvalue weighted by atomic mass is 19.2. The first-order chi connectivity index (χ1) is 8.74. The number of rotatable bonds is 4. The highest BCUT2D eigenvalue weighted by Gasteiger charge is 2.21. The Morgan fingerprint density at radius 1 is 1.17 bits per heavy atom. The Bertz CT molecular complexity index is 561. The van der Waals surface area contributed by atoms with E-state index < -0.39 is 11.6 Å². The van der Waals surface area contributed by atoms with Crippen molar-refractivity contribution >= 4 is 0 Å². The summed E-state index contributed by atoms with van der Waals surface area (Å²) in [4.78, 5) is 0. The van der Waals surface area contributed by atoms with Crippen LogP contribution in [0.4, 0.5) is 8.78 Å². The molecule has 3 rings (SSSR count). The number of hydrogen-bond acceptors (Lipinski definition) is 2. The van der Waals surface area contributed by atoms with Crippen LogP contribution in [0.5, 0.6) is 0 Å². The molecule has 1 aliphatic rings. The van der Waals surface area contributed by atoms with E-state index in [0.29, 0.717) is 18.2 Å². The first-order valence-electron chi connectivity index (χ1n) is 5.99. The molecule has 4 heteroatoms. The van der Waals surface area contributed by atoms with Gasteiger partial charge in [-0.1, -0.05) is 6.07 Å². The minimum Gasteiger partial charge on any atom is -0.467 e. The predicted molar refractivity (Wildman–Crippen MR) is 63.9 cm³/mol. The molecule has 18 heavy (non-hydrogen) atoms. The molecule has 1 fully saturated rings. The molecule has 0 spiro atoms. The molecule has 0 radical (unpaired) electrons. The fourth-order valence-corrected chi connectivity index (χ4v) is 1.92. The molecule has 1 aliphatic carbocycles. The van der Waals surface area contributed by atoms with Crippen LogP contribution in [0.2, 0.25) is 0 Å². The van der Waals surface area contributed by atoms with Gasteiger partial charge < -0.3 is 9.73 Å². The quantitative estimate of drug-likeness (QED) is 0.897. The summed E-state index contributed by atoms with van der Waals surface area (Å²) in [6, 6.07) is 6.24. The van der Waals surface area contributed by atoms with Crippen molar-refractivity contribution in [1.29, 1.82) is 0 Å². The van der Waals surface area contributed by atoms with Crippen molar-refractivity contribution in [2.75, 3.05) is 0 Å². The molecule has 1 N–H and O–H groups in total. The summed E-state index contributed by atoms with van der Waals surface area (Å²) < 4.78 is 31.5. The fourth-order valence-electron chi connectivity index (χ4n) is 1.92. The Balaban J connectivity index is 1.85. The van der Waals surface area contributed by atoms with Gasteiger partial charge in [0.25, 0.3) is 0 Å². The summed E-state index contributed by atoms with van der Waals surface area (Å²) >= 11 is 0. The second-order valence-electron chi connectivity index (χ2n) is 4.54. The lowest BCUT2D eigenvalue weighted by Gasteiger charge is -2.04. The van der Waals surface area contributed by atoms with Gasteiger partial charge in [-0.2, -0.15) is 0 Å². The van der Waals surface area contributed by atoms with Gasteiger partial charge >= 0.3 is 0 Å². The van der Waals surface area contributed by atoms with E-state index >= 15 is 0 Å². The SMILES string of the molecule is Fc1ccc(-c2ccoc2CNC2CC2)cc1F. The normalized spacial score (nSPS) is 15.0. The van der Waals surface area contributed by atoms with Crippen LogP contribution < -0.4 is 5.32 Å². The Morgan fingerprint density at radius 2 is 2.00 bits per heavy atom. The van der Waals surface area contributed by atoms with Gasteiger partial charge in [-0.05, 0) is 36.6 Å². The van der Waals surface area contributed by atoms with Crippen molar-refractivity contribution < 1.29 is 13.2 Å². The third-order valence-electron chi connectivity index (χ3n) is 3.10. The highest BCUT2D eigenvalue weighted by molar-refractivity contribution is 5.65. The maximum absolute atomic E-state index is 13.2. The van der Waals surface area contributed by atoms with Gasteiger partial charge in [0.2, 0.25) is 0 Å². The third-order valence-corrected chi connectivity index (χ3v) is 3.10. The van der Waals surface area contributed by atoms with Crippen molar-refractivity contribution in [2.24, 2.45) is 0 Å². The zero-order valence-corrected chi connectivity index (χ0v) is 9.75. The zero-order valence-electron chi connectivity index (χ0n) is 9.75. The van der Waals surface area contributed by atoms with Crippen LogP contribution in [0.25, 0.3) is 11.1 Å². The minimum absolute atomic E-state index is 0.577. The smallest absolute Gasteiger partial charge is 0.159 e. The topological polar surface area (TPSA) is 25.2 Å². The van der Waals surface area contributed by atoms with Crippen LogP contribution in [-0.4, -0.2) is 6.04 Å². The van der Waals surface area contributed by atoms with Gasteiger partial charge in [-0.3, -0.25) is 0 Å². The summed E-state index contributed by atoms with van der Waals surface area (Å²) in [7, 11) is 0. The van der Waals surface area contributed by atoms with Crippen molar-refractivity contribution in [3.8, 4) is 11.1 Å². The summed E-state index contributed by atoms with van der Waals surface area (Å²) in [5.74, 6) is -0.914. The van der Waals surface area contributed by atoms with Crippen LogP contribution in [-0.2, 0) is 6.54 Å². The first kappa shape index (κ1) is 11.4. The maximum Gasteiger partial charge on any atom is 0.159 e. The molecule has 1 aromatic carbocycles. The van der Waals surface area contributed by atoms with E-state index in [4.69, 9.17) is 4.42 Å². The molecule has 0 saturated heterocycles. The van der Waals surface area contributed by atoms with E-state index in [1.54, 1.807) is 18.4 Å². The minimum atomic E-state index is -0.838. The van der Waals surface area contributed by atoms with Crippen molar-refractivity contribution in [2.45, 2.75) is 25.4 Å². The summed E-state index contributed by atoms with van der Waals surface area (Å²) in [6.45, 7) is 0.617. The highest BCUT2D eigenvalue weighted by Crippen LogP contribution is 2.27. The molecule has 1 heterocycles. The van der Waals surface area contributed by atoms with Crippen LogP contribution in [0, 0.1) is 11.6 Å². The van der Waals surface area contributed by atoms with E-state index in [0.717, 1.165) is 17.4 Å². The Kier molecular flexibility index (Phi) is 2.88. The van der Waals surface area contributed by atoms with Crippen LogP contribution in [0.1, 0.15) is 18.6 Å². The fraction of sp³-hybridized carbons (Fsp3) is 0.286. The van der Waals surface area contributed by atoms with Gasteiger partial charge in [-0.15, -0.1) is 0 Å². The molecule has 1 saturated carbocycles. The van der Waals surface area contributed by atoms with E-state index in [1.807, 2.05) is 0 Å². The summed E-state index contributed by atoms with van der Waals surface area (Å²) in [5, 5.41) is 3.33. The molecule has 2 nitrogen and oxygen atoms in total. The monoisotopic (exact) mass is 249 g/mol. The lowest BCUT2D eigenvalue weighted by Crippen LogP contribution is -2.15. The molecule has 94 valence electrons. The molecular weight excluding hydrogens is 236 g/mol. The molecule has 1 aromatic heterocycles. The zero-order chi connectivity index (χ0) is 12.5. The number of nitrogens with one attached hydrogen (secondary N) is 1. The first-order valence-corrected chi connectivity index (χ1v) is 5.99. The molecule has 0 unspecified atom stereocenters. The van der Waals surface area contributed by atoms with E-state index in [-0.39, 0.29) is 0 Å². The van der Waals surface area contributed by atoms with Gasteiger partial charge in [0, 0.05) is 11.6 Å². The average molecular weight is 249 g/mol. The van der Waals surface area contributed by atoms with Gasteiger partial charge in [0.05, 0.1) is 12.8 Å². The van der Waals surface area contributed by atoms with Crippen molar-refractivity contribution in [3.63, 3.8) is 0 Å². The van der Waals surface area contributed by atoms with Gasteiger partial charge in [0.1, 0.15) is 5.76 Å². The van der Waals surface area contributed by atoms with E-state index in [1.165, 1.54) is 18.9 Å². The summed E-state index contributed by atoms with van der Waals surface area (Å²) in [5.41, 5.74) is 1.44. The largest absolute Gasteiger partial charge is 0.467 e. The second kappa shape index (κ2) is 4.53. The van der Waals surface area contributed by atoms with Gasteiger partial charge in [-0.25, -0.2) is 8.78 Å². The molecule has 0 amide bonds. The number of furan rings is 1. The third kappa shape index (κ3) is 2.29. The van der Waals surface area contributed by atoms with Gasteiger partial charge in [0.15, 0.2) is 11.6 Å². The Hall–Kier alpha value is -1.68. The second-order valence-corrected chi connectivity index (χ2v) is 4.54. The molecule has 0 atom stereocenters. The van der Waals surface area contributed by atoms with Crippen molar-refractivity contribution in [1.82, 2.24) is 5.32 Å². The molecular formula is C14H13F2NO. The molecule has 2 aromatic rings. The number of hydrogen-bond donors (Lipinski definition) is 1. The molecule has 0 bridgehead atoms. The lowest BCUT2D eigenvalue weighted by atomic mass is 10.1. The predicted octanol–water partition coefficient (Wildman–Crippen LogP) is 3.48. The number of halogens is 2. The van der Waals surface area contributed by atoms with Crippen LogP contribution in [0.3, 0.4) is 0 Å². The Labute approximate surface area is 104 Å². The van der Waals surface area contributed by atoms with Crippen LogP contribution in [0.15, 0.2) is 34.9 Å². The number of benzene rings is 1. The molecule has 0 aliphatic heterocycles. The maximum atomic E-state index is 13.2. The van der Waals surface area contributed by atoms with E-state index in [2.05, 4.69) is 5.32 Å². The van der Waals surface area contributed by atoms with Crippen molar-refractivity contribution in [3.05, 3.63) is 47.9 Å². The van der Waals surface area contributed by atoms with E-state index in [9.17, 15) is 8.78 Å².